The minimum atomic E-state index is -2.69. The third kappa shape index (κ3) is 2.98. The van der Waals surface area contributed by atoms with Crippen LogP contribution in [0.4, 0.5) is 8.78 Å². The van der Waals surface area contributed by atoms with Crippen molar-refractivity contribution in [2.75, 3.05) is 0 Å². The van der Waals surface area contributed by atoms with Crippen LogP contribution in [-0.4, -0.2) is 16.1 Å². The van der Waals surface area contributed by atoms with Crippen molar-refractivity contribution in [3.8, 4) is 0 Å². The maximum atomic E-state index is 12.5. The number of hydrogen-bond donors (Lipinski definition) is 1. The molecular formula is C9H7Br2F2NO2. The first kappa shape index (κ1) is 13.5. The molecule has 0 aliphatic carbocycles. The zero-order valence-electron chi connectivity index (χ0n) is 7.88. The zero-order chi connectivity index (χ0) is 12.3. The molecule has 7 heteroatoms. The molecule has 0 unspecified atom stereocenters. The van der Waals surface area contributed by atoms with Crippen LogP contribution in [0.3, 0.4) is 0 Å². The molecule has 1 aromatic rings. The van der Waals surface area contributed by atoms with Crippen molar-refractivity contribution in [2.24, 2.45) is 0 Å². The van der Waals surface area contributed by atoms with Crippen LogP contribution in [0.1, 0.15) is 23.2 Å². The fourth-order valence-electron chi connectivity index (χ4n) is 1.19. The second kappa shape index (κ2) is 5.67. The van der Waals surface area contributed by atoms with E-state index in [1.807, 2.05) is 0 Å². The van der Waals surface area contributed by atoms with E-state index in [0.29, 0.717) is 16.5 Å². The first-order valence-corrected chi connectivity index (χ1v) is 6.10. The number of hydrogen-bond acceptors (Lipinski definition) is 2. The highest BCUT2D eigenvalue weighted by molar-refractivity contribution is 9.10. The molecular weight excluding hydrogens is 352 g/mol. The van der Waals surface area contributed by atoms with Crippen molar-refractivity contribution < 1.29 is 18.7 Å². The monoisotopic (exact) mass is 357 g/mol. The number of rotatable bonds is 4. The maximum Gasteiger partial charge on any atom is 0.307 e. The maximum absolute atomic E-state index is 12.5. The lowest BCUT2D eigenvalue weighted by Gasteiger charge is -2.10. The van der Waals surface area contributed by atoms with Gasteiger partial charge in [-0.15, -0.1) is 0 Å². The molecule has 0 saturated heterocycles. The summed E-state index contributed by atoms with van der Waals surface area (Å²) in [4.78, 5) is 14.1. The van der Waals surface area contributed by atoms with Crippen LogP contribution in [0, 0.1) is 0 Å². The van der Waals surface area contributed by atoms with E-state index in [4.69, 9.17) is 5.11 Å². The van der Waals surface area contributed by atoms with Crippen molar-refractivity contribution in [3.05, 3.63) is 27.5 Å². The first-order valence-electron chi connectivity index (χ1n) is 4.19. The summed E-state index contributed by atoms with van der Waals surface area (Å²) >= 11 is 6.15. The summed E-state index contributed by atoms with van der Waals surface area (Å²) in [5, 5.41) is 8.94. The standard InChI is InChI=1S/C9H7Br2F2NO2/c10-2-5-4(1-6(15)16)3-14-8(7(5)11)9(12)13/h3,9H,1-2H2,(H,15,16). The normalized spacial score (nSPS) is 10.8. The molecule has 1 aromatic heterocycles. The molecule has 0 aromatic carbocycles. The molecule has 0 atom stereocenters. The van der Waals surface area contributed by atoms with Gasteiger partial charge in [-0.05, 0) is 27.1 Å². The van der Waals surface area contributed by atoms with Gasteiger partial charge in [0, 0.05) is 16.0 Å². The molecule has 88 valence electrons. The number of alkyl halides is 3. The summed E-state index contributed by atoms with van der Waals surface area (Å²) in [5.41, 5.74) is 0.539. The van der Waals surface area contributed by atoms with E-state index in [0.717, 1.165) is 0 Å². The number of carbonyl (C=O) groups is 1. The molecule has 0 fully saturated rings. The minimum absolute atomic E-state index is 0.165. The second-order valence-corrected chi connectivity index (χ2v) is 4.32. The molecule has 0 bridgehead atoms. The fraction of sp³-hybridized carbons (Fsp3) is 0.333. The van der Waals surface area contributed by atoms with Gasteiger partial charge in [-0.1, -0.05) is 15.9 Å². The van der Waals surface area contributed by atoms with Gasteiger partial charge in [0.2, 0.25) is 0 Å². The summed E-state index contributed by atoms with van der Waals surface area (Å²) in [5.74, 6) is -1.03. The molecule has 0 aliphatic rings. The fourth-order valence-corrected chi connectivity index (χ4v) is 2.88. The number of aliphatic carboxylic acids is 1. The van der Waals surface area contributed by atoms with Crippen molar-refractivity contribution in [3.63, 3.8) is 0 Å². The number of carboxylic acid groups (broad SMARTS) is 1. The number of halogens is 4. The van der Waals surface area contributed by atoms with Crippen LogP contribution < -0.4 is 0 Å². The number of pyridine rings is 1. The van der Waals surface area contributed by atoms with E-state index >= 15 is 0 Å². The smallest absolute Gasteiger partial charge is 0.307 e. The Hall–Kier alpha value is -0.560. The number of aromatic nitrogens is 1. The molecule has 0 radical (unpaired) electrons. The van der Waals surface area contributed by atoms with Gasteiger partial charge in [-0.3, -0.25) is 9.78 Å². The van der Waals surface area contributed by atoms with Crippen LogP contribution in [0.2, 0.25) is 0 Å². The predicted molar refractivity (Wildman–Crippen MR) is 60.9 cm³/mol. The van der Waals surface area contributed by atoms with Crippen molar-refractivity contribution in [1.82, 2.24) is 4.98 Å². The summed E-state index contributed by atoms with van der Waals surface area (Å²) in [6.45, 7) is 0. The lowest BCUT2D eigenvalue weighted by molar-refractivity contribution is -0.136. The Bertz CT molecular complexity index is 413. The van der Waals surface area contributed by atoms with E-state index in [9.17, 15) is 13.6 Å². The molecule has 1 heterocycles. The first-order chi connectivity index (χ1) is 7.47. The average molecular weight is 359 g/mol. The Morgan fingerprint density at radius 3 is 2.62 bits per heavy atom. The Morgan fingerprint density at radius 2 is 2.19 bits per heavy atom. The SMILES string of the molecule is O=C(O)Cc1cnc(C(F)F)c(Br)c1CBr. The van der Waals surface area contributed by atoms with E-state index in [2.05, 4.69) is 36.8 Å². The van der Waals surface area contributed by atoms with Crippen molar-refractivity contribution >= 4 is 37.8 Å². The van der Waals surface area contributed by atoms with E-state index < -0.39 is 12.4 Å². The van der Waals surface area contributed by atoms with Gasteiger partial charge < -0.3 is 5.11 Å². The van der Waals surface area contributed by atoms with Gasteiger partial charge in [0.25, 0.3) is 6.43 Å². The Balaban J connectivity index is 3.23. The molecule has 0 saturated carbocycles. The van der Waals surface area contributed by atoms with Crippen LogP contribution in [0.25, 0.3) is 0 Å². The van der Waals surface area contributed by atoms with Crippen LogP contribution in [-0.2, 0) is 16.5 Å². The second-order valence-electron chi connectivity index (χ2n) is 2.97. The summed E-state index contributed by atoms with van der Waals surface area (Å²) in [6.07, 6.45) is -1.75. The lowest BCUT2D eigenvalue weighted by atomic mass is 10.1. The molecule has 0 amide bonds. The predicted octanol–water partition coefficient (Wildman–Crippen LogP) is 3.30. The average Bonchev–Trinajstić information content (AvgIpc) is 2.16. The van der Waals surface area contributed by atoms with Gasteiger partial charge >= 0.3 is 5.97 Å². The van der Waals surface area contributed by atoms with Gasteiger partial charge in [-0.2, -0.15) is 0 Å². The molecule has 0 aliphatic heterocycles. The Labute approximate surface area is 107 Å². The largest absolute Gasteiger partial charge is 0.481 e. The van der Waals surface area contributed by atoms with E-state index in [1.54, 1.807) is 0 Å². The van der Waals surface area contributed by atoms with Crippen molar-refractivity contribution in [1.29, 1.82) is 0 Å². The Kier molecular flexibility index (Phi) is 4.79. The summed E-state index contributed by atoms with van der Waals surface area (Å²) in [6, 6.07) is 0. The molecule has 1 N–H and O–H groups in total. The third-order valence-corrected chi connectivity index (χ3v) is 3.36. The van der Waals surface area contributed by atoms with E-state index in [-0.39, 0.29) is 16.6 Å². The molecule has 1 rings (SSSR count). The summed E-state index contributed by atoms with van der Waals surface area (Å²) in [7, 11) is 0. The van der Waals surface area contributed by atoms with Crippen LogP contribution in [0.15, 0.2) is 10.7 Å². The highest BCUT2D eigenvalue weighted by Crippen LogP contribution is 2.31. The topological polar surface area (TPSA) is 50.2 Å². The van der Waals surface area contributed by atoms with Gasteiger partial charge in [-0.25, -0.2) is 8.78 Å². The molecule has 0 spiro atoms. The molecule has 3 nitrogen and oxygen atoms in total. The summed E-state index contributed by atoms with van der Waals surface area (Å²) < 4.78 is 25.2. The van der Waals surface area contributed by atoms with Crippen molar-refractivity contribution in [2.45, 2.75) is 18.2 Å². The van der Waals surface area contributed by atoms with Crippen LogP contribution in [0.5, 0.6) is 0 Å². The highest BCUT2D eigenvalue weighted by Gasteiger charge is 2.19. The van der Waals surface area contributed by atoms with Crippen LogP contribution >= 0.6 is 31.9 Å². The third-order valence-electron chi connectivity index (χ3n) is 1.92. The highest BCUT2D eigenvalue weighted by atomic mass is 79.9. The number of nitrogens with zero attached hydrogens (tertiary/aromatic N) is 1. The van der Waals surface area contributed by atoms with Gasteiger partial charge in [0.1, 0.15) is 5.69 Å². The van der Waals surface area contributed by atoms with Gasteiger partial charge in [0.15, 0.2) is 0 Å². The number of carboxylic acids is 1. The Morgan fingerprint density at radius 1 is 1.56 bits per heavy atom. The molecule has 16 heavy (non-hydrogen) atoms. The minimum Gasteiger partial charge on any atom is -0.481 e. The zero-order valence-corrected chi connectivity index (χ0v) is 11.1. The van der Waals surface area contributed by atoms with E-state index in [1.165, 1.54) is 6.20 Å². The lowest BCUT2D eigenvalue weighted by Crippen LogP contribution is -2.06. The quantitative estimate of drug-likeness (QED) is 0.840. The van der Waals surface area contributed by atoms with Gasteiger partial charge in [0.05, 0.1) is 6.42 Å².